The van der Waals surface area contributed by atoms with E-state index in [0.717, 1.165) is 25.7 Å². The lowest BCUT2D eigenvalue weighted by Gasteiger charge is -2.43. The summed E-state index contributed by atoms with van der Waals surface area (Å²) in [5.74, 6) is -3.73. The predicted octanol–water partition coefficient (Wildman–Crippen LogP) is 0.367. The molecule has 2 aliphatic heterocycles. The maximum atomic E-state index is 12.6. The van der Waals surface area contributed by atoms with Crippen LogP contribution in [-0.2, 0) is 38.1 Å². The van der Waals surface area contributed by atoms with E-state index < -0.39 is 54.1 Å². The first-order chi connectivity index (χ1) is 13.7. The van der Waals surface area contributed by atoms with Crippen molar-refractivity contribution in [3.8, 4) is 0 Å². The van der Waals surface area contributed by atoms with Gasteiger partial charge < -0.3 is 18.9 Å². The Morgan fingerprint density at radius 3 is 2.14 bits per heavy atom. The van der Waals surface area contributed by atoms with Crippen LogP contribution in [0.1, 0.15) is 31.1 Å². The maximum absolute atomic E-state index is 12.6. The zero-order valence-electron chi connectivity index (χ0n) is 15.9. The number of hydrogen-bond acceptors (Lipinski definition) is 9. The molecule has 10 nitrogen and oxygen atoms in total. The molecule has 0 radical (unpaired) electrons. The molecule has 3 rings (SSSR count). The Bertz CT molecular complexity index is 880. The van der Waals surface area contributed by atoms with Crippen molar-refractivity contribution in [1.29, 1.82) is 0 Å². The summed E-state index contributed by atoms with van der Waals surface area (Å²) >= 11 is 0. The minimum atomic E-state index is -1.34. The molecule has 154 valence electrons. The van der Waals surface area contributed by atoms with Crippen LogP contribution >= 0.6 is 0 Å². The van der Waals surface area contributed by atoms with Crippen molar-refractivity contribution in [3.63, 3.8) is 0 Å². The first-order valence-corrected chi connectivity index (χ1v) is 8.81. The minimum absolute atomic E-state index is 0.175. The number of hydrogen-bond donors (Lipinski definition) is 0. The fourth-order valence-corrected chi connectivity index (χ4v) is 3.41. The quantitative estimate of drug-likeness (QED) is 0.397. The Morgan fingerprint density at radius 2 is 1.52 bits per heavy atom. The fourth-order valence-electron chi connectivity index (χ4n) is 3.41. The van der Waals surface area contributed by atoms with Gasteiger partial charge in [0, 0.05) is 20.8 Å². The highest BCUT2D eigenvalue weighted by Crippen LogP contribution is 2.35. The van der Waals surface area contributed by atoms with E-state index in [0.29, 0.717) is 0 Å². The molecule has 0 spiro atoms. The van der Waals surface area contributed by atoms with Crippen LogP contribution in [0.15, 0.2) is 24.3 Å². The predicted molar refractivity (Wildman–Crippen MR) is 94.7 cm³/mol. The van der Waals surface area contributed by atoms with Gasteiger partial charge in [0.15, 0.2) is 24.5 Å². The summed E-state index contributed by atoms with van der Waals surface area (Å²) in [6, 6.07) is 6.28. The van der Waals surface area contributed by atoms with E-state index in [-0.39, 0.29) is 17.9 Å². The molecule has 4 unspecified atom stereocenters. The summed E-state index contributed by atoms with van der Waals surface area (Å²) in [6.07, 6.45) is -4.91. The van der Waals surface area contributed by atoms with Crippen LogP contribution in [0, 0.1) is 0 Å². The molecule has 4 atom stereocenters. The standard InChI is InChI=1S/C19H19NO9/c1-9(21)27-14-8-26-19(17(29-11(3)23)16(14)28-10(2)22)20-13-7-5-4-6-12(13)15(24)18(20)25/h4-7,14,16-17,19H,8H2,1-3H3. The summed E-state index contributed by atoms with van der Waals surface area (Å²) in [5.41, 5.74) is 0.450. The number of fused-ring (bicyclic) bond motifs is 1. The normalized spacial score (nSPS) is 26.0. The fraction of sp³-hybridized carbons (Fsp3) is 0.421. The van der Waals surface area contributed by atoms with Gasteiger partial charge in [0.2, 0.25) is 0 Å². The first kappa shape index (κ1) is 20.5. The van der Waals surface area contributed by atoms with E-state index in [9.17, 15) is 24.0 Å². The van der Waals surface area contributed by atoms with E-state index in [1.807, 2.05) is 0 Å². The molecule has 0 bridgehead atoms. The number of esters is 3. The molecule has 10 heteroatoms. The number of nitrogens with zero attached hydrogens (tertiary/aromatic N) is 1. The smallest absolute Gasteiger partial charge is 0.303 e. The van der Waals surface area contributed by atoms with Gasteiger partial charge in [0.25, 0.3) is 5.78 Å². The second kappa shape index (κ2) is 8.00. The van der Waals surface area contributed by atoms with E-state index >= 15 is 0 Å². The van der Waals surface area contributed by atoms with E-state index in [2.05, 4.69) is 0 Å². The van der Waals surface area contributed by atoms with Crippen LogP contribution in [-0.4, -0.2) is 60.7 Å². The molecular weight excluding hydrogens is 386 g/mol. The summed E-state index contributed by atoms with van der Waals surface area (Å²) in [7, 11) is 0. The summed E-state index contributed by atoms with van der Waals surface area (Å²) in [5, 5.41) is 0. The van der Waals surface area contributed by atoms with Gasteiger partial charge in [-0.2, -0.15) is 0 Å². The lowest BCUT2D eigenvalue weighted by atomic mass is 10.0. The van der Waals surface area contributed by atoms with E-state index in [4.69, 9.17) is 18.9 Å². The molecule has 29 heavy (non-hydrogen) atoms. The number of rotatable bonds is 4. The second-order valence-electron chi connectivity index (χ2n) is 6.54. The average Bonchev–Trinajstić information content (AvgIpc) is 2.88. The minimum Gasteiger partial charge on any atom is -0.456 e. The van der Waals surface area contributed by atoms with Gasteiger partial charge in [-0.1, -0.05) is 12.1 Å². The summed E-state index contributed by atoms with van der Waals surface area (Å²) < 4.78 is 21.4. The highest BCUT2D eigenvalue weighted by atomic mass is 16.6. The van der Waals surface area contributed by atoms with E-state index in [1.54, 1.807) is 18.2 Å². The molecule has 0 saturated carbocycles. The van der Waals surface area contributed by atoms with Crippen LogP contribution in [0.25, 0.3) is 0 Å². The van der Waals surface area contributed by atoms with Crippen LogP contribution in [0.4, 0.5) is 5.69 Å². The SMILES string of the molecule is CC(=O)OC1COC(N2C(=O)C(=O)c3ccccc32)C(OC(C)=O)C1OC(C)=O. The van der Waals surface area contributed by atoms with Crippen LogP contribution in [0.3, 0.4) is 0 Å². The van der Waals surface area contributed by atoms with E-state index in [1.165, 1.54) is 6.07 Å². The number of Topliss-reactive ketones (excluding diaryl/α,β-unsaturated/α-hetero) is 1. The van der Waals surface area contributed by atoms with Gasteiger partial charge in [-0.25, -0.2) is 0 Å². The highest BCUT2D eigenvalue weighted by Gasteiger charge is 2.53. The topological polar surface area (TPSA) is 126 Å². The Labute approximate surface area is 165 Å². The third kappa shape index (κ3) is 3.97. The molecule has 0 aromatic heterocycles. The van der Waals surface area contributed by atoms with Crippen molar-refractivity contribution in [2.75, 3.05) is 11.5 Å². The average molecular weight is 405 g/mol. The molecular formula is C19H19NO9. The molecule has 1 saturated heterocycles. The molecule has 1 amide bonds. The number of carbonyl (C=O) groups excluding carboxylic acids is 5. The third-order valence-electron chi connectivity index (χ3n) is 4.40. The van der Waals surface area contributed by atoms with Crippen molar-refractivity contribution in [3.05, 3.63) is 29.8 Å². The number of anilines is 1. The number of carbonyl (C=O) groups is 5. The zero-order chi connectivity index (χ0) is 21.3. The van der Waals surface area contributed by atoms with Crippen molar-refractivity contribution in [2.45, 2.75) is 45.3 Å². The Hall–Kier alpha value is -3.27. The lowest BCUT2D eigenvalue weighted by molar-refractivity contribution is -0.225. The van der Waals surface area contributed by atoms with Crippen molar-refractivity contribution in [1.82, 2.24) is 0 Å². The summed E-state index contributed by atoms with van der Waals surface area (Å²) in [4.78, 5) is 60.8. The van der Waals surface area contributed by atoms with Gasteiger partial charge in [0.1, 0.15) is 0 Å². The molecule has 1 aromatic carbocycles. The van der Waals surface area contributed by atoms with Gasteiger partial charge in [-0.15, -0.1) is 0 Å². The van der Waals surface area contributed by atoms with Crippen molar-refractivity contribution in [2.24, 2.45) is 0 Å². The largest absolute Gasteiger partial charge is 0.456 e. The third-order valence-corrected chi connectivity index (χ3v) is 4.40. The van der Waals surface area contributed by atoms with Gasteiger partial charge in [-0.3, -0.25) is 28.9 Å². The molecule has 2 heterocycles. The van der Waals surface area contributed by atoms with Gasteiger partial charge >= 0.3 is 23.8 Å². The maximum Gasteiger partial charge on any atom is 0.303 e. The second-order valence-corrected chi connectivity index (χ2v) is 6.54. The summed E-state index contributed by atoms with van der Waals surface area (Å²) in [6.45, 7) is 3.18. The highest BCUT2D eigenvalue weighted by molar-refractivity contribution is 6.52. The Morgan fingerprint density at radius 1 is 0.931 bits per heavy atom. The molecule has 1 aromatic rings. The lowest BCUT2D eigenvalue weighted by Crippen LogP contribution is -2.63. The number of benzene rings is 1. The van der Waals surface area contributed by atoms with Crippen molar-refractivity contribution >= 4 is 35.3 Å². The first-order valence-electron chi connectivity index (χ1n) is 8.81. The molecule has 2 aliphatic rings. The zero-order valence-corrected chi connectivity index (χ0v) is 15.9. The Balaban J connectivity index is 2.02. The van der Waals surface area contributed by atoms with Gasteiger partial charge in [0.05, 0.1) is 17.9 Å². The number of para-hydroxylation sites is 1. The van der Waals surface area contributed by atoms with Crippen molar-refractivity contribution < 1.29 is 42.9 Å². The molecule has 0 N–H and O–H groups in total. The van der Waals surface area contributed by atoms with Crippen LogP contribution in [0.5, 0.6) is 0 Å². The Kier molecular flexibility index (Phi) is 5.64. The molecule has 0 aliphatic carbocycles. The number of amides is 1. The number of ketones is 1. The number of ether oxygens (including phenoxy) is 4. The van der Waals surface area contributed by atoms with Gasteiger partial charge in [-0.05, 0) is 12.1 Å². The monoisotopic (exact) mass is 405 g/mol. The van der Waals surface area contributed by atoms with Crippen LogP contribution < -0.4 is 4.90 Å². The van der Waals surface area contributed by atoms with Crippen LogP contribution in [0.2, 0.25) is 0 Å². The molecule has 1 fully saturated rings.